The number of aryl methyl sites for hydroxylation is 1. The number of aromatic nitrogens is 2. The first kappa shape index (κ1) is 19.8. The van der Waals surface area contributed by atoms with Gasteiger partial charge in [-0.15, -0.1) is 0 Å². The number of sulfonamides is 1. The number of nitrogens with one attached hydrogen (secondary N) is 2. The van der Waals surface area contributed by atoms with Crippen molar-refractivity contribution in [3.63, 3.8) is 0 Å². The number of hydrogen-bond donors (Lipinski definition) is 2. The Labute approximate surface area is 164 Å². The van der Waals surface area contributed by atoms with E-state index in [1.54, 1.807) is 49.4 Å². The standard InChI is InChI=1S/C21H23N3O3S/c1-14(2)17-6-8-19(9-7-17)24-28(26,27)20-10-4-16(5-11-20)13-18-12-15(3)22-23-21(18)25/h4-12,14,24H,13H2,1-3H3,(H,23,25). The molecule has 2 N–H and O–H groups in total. The minimum absolute atomic E-state index is 0.170. The van der Waals surface area contributed by atoms with Crippen LogP contribution in [0.4, 0.5) is 5.69 Å². The van der Waals surface area contributed by atoms with Crippen LogP contribution >= 0.6 is 0 Å². The smallest absolute Gasteiger partial charge is 0.267 e. The Kier molecular flexibility index (Phi) is 5.65. The Morgan fingerprint density at radius 1 is 1.04 bits per heavy atom. The van der Waals surface area contributed by atoms with Gasteiger partial charge in [-0.25, -0.2) is 13.5 Å². The van der Waals surface area contributed by atoms with Gasteiger partial charge in [0.05, 0.1) is 10.6 Å². The molecule has 0 aliphatic rings. The lowest BCUT2D eigenvalue weighted by atomic mass is 10.0. The van der Waals surface area contributed by atoms with Crippen molar-refractivity contribution in [3.05, 3.63) is 87.3 Å². The molecule has 6 nitrogen and oxygen atoms in total. The van der Waals surface area contributed by atoms with Gasteiger partial charge in [0.15, 0.2) is 0 Å². The van der Waals surface area contributed by atoms with E-state index < -0.39 is 10.0 Å². The first-order valence-electron chi connectivity index (χ1n) is 9.01. The second kappa shape index (κ2) is 7.98. The van der Waals surface area contributed by atoms with Gasteiger partial charge in [-0.2, -0.15) is 5.10 Å². The molecule has 0 amide bonds. The summed E-state index contributed by atoms with van der Waals surface area (Å²) in [7, 11) is -3.68. The molecule has 28 heavy (non-hydrogen) atoms. The lowest BCUT2D eigenvalue weighted by Gasteiger charge is -2.11. The summed E-state index contributed by atoms with van der Waals surface area (Å²) in [5.41, 5.74) is 3.58. The van der Waals surface area contributed by atoms with Crippen molar-refractivity contribution >= 4 is 15.7 Å². The van der Waals surface area contributed by atoms with Crippen molar-refractivity contribution in [3.8, 4) is 0 Å². The third kappa shape index (κ3) is 4.67. The summed E-state index contributed by atoms with van der Waals surface area (Å²) in [6.45, 7) is 5.97. The second-order valence-electron chi connectivity index (χ2n) is 7.07. The monoisotopic (exact) mass is 397 g/mol. The third-order valence-electron chi connectivity index (χ3n) is 4.47. The molecule has 0 bridgehead atoms. The van der Waals surface area contributed by atoms with Crippen LogP contribution < -0.4 is 10.3 Å². The van der Waals surface area contributed by atoms with Crippen LogP contribution in [0.2, 0.25) is 0 Å². The molecule has 0 fully saturated rings. The predicted octanol–water partition coefficient (Wildman–Crippen LogP) is 3.59. The maximum atomic E-state index is 12.6. The number of H-pyrrole nitrogens is 1. The molecule has 1 aromatic heterocycles. The fourth-order valence-electron chi connectivity index (χ4n) is 2.85. The van der Waals surface area contributed by atoms with E-state index in [0.29, 0.717) is 23.6 Å². The van der Waals surface area contributed by atoms with Crippen LogP contribution in [0.25, 0.3) is 0 Å². The maximum absolute atomic E-state index is 12.6. The molecule has 7 heteroatoms. The number of hydrogen-bond acceptors (Lipinski definition) is 4. The number of anilines is 1. The summed E-state index contributed by atoms with van der Waals surface area (Å²) in [5.74, 6) is 0.384. The van der Waals surface area contributed by atoms with Crippen LogP contribution in [0.1, 0.15) is 42.1 Å². The topological polar surface area (TPSA) is 91.9 Å². The van der Waals surface area contributed by atoms with E-state index in [1.165, 1.54) is 0 Å². The van der Waals surface area contributed by atoms with Crippen LogP contribution in [-0.2, 0) is 16.4 Å². The molecule has 0 unspecified atom stereocenters. The summed E-state index contributed by atoms with van der Waals surface area (Å²) >= 11 is 0. The SMILES string of the molecule is Cc1cc(Cc2ccc(S(=O)(=O)Nc3ccc(C(C)C)cc3)cc2)c(=O)[nH]n1. The Morgan fingerprint density at radius 2 is 1.68 bits per heavy atom. The van der Waals surface area contributed by atoms with E-state index in [4.69, 9.17) is 0 Å². The molecule has 0 atom stereocenters. The highest BCUT2D eigenvalue weighted by atomic mass is 32.2. The fourth-order valence-corrected chi connectivity index (χ4v) is 3.91. The molecule has 3 aromatic rings. The van der Waals surface area contributed by atoms with Gasteiger partial charge in [0.25, 0.3) is 15.6 Å². The number of nitrogens with zero attached hydrogens (tertiary/aromatic N) is 1. The predicted molar refractivity (Wildman–Crippen MR) is 110 cm³/mol. The highest BCUT2D eigenvalue weighted by molar-refractivity contribution is 7.92. The number of aromatic amines is 1. The Morgan fingerprint density at radius 3 is 2.29 bits per heavy atom. The zero-order valence-electron chi connectivity index (χ0n) is 16.1. The average Bonchev–Trinajstić information content (AvgIpc) is 2.65. The average molecular weight is 398 g/mol. The van der Waals surface area contributed by atoms with Crippen LogP contribution in [-0.4, -0.2) is 18.6 Å². The van der Waals surface area contributed by atoms with Crippen molar-refractivity contribution in [2.45, 2.75) is 38.0 Å². The van der Waals surface area contributed by atoms with Crippen molar-refractivity contribution in [1.82, 2.24) is 10.2 Å². The molecule has 146 valence electrons. The first-order valence-corrected chi connectivity index (χ1v) is 10.5. The summed E-state index contributed by atoms with van der Waals surface area (Å²) in [4.78, 5) is 12.0. The van der Waals surface area contributed by atoms with Crippen LogP contribution in [0, 0.1) is 6.92 Å². The minimum atomic E-state index is -3.68. The number of rotatable bonds is 6. The Bertz CT molecular complexity index is 1120. The van der Waals surface area contributed by atoms with Gasteiger partial charge in [-0.05, 0) is 54.3 Å². The minimum Gasteiger partial charge on any atom is -0.280 e. The molecule has 0 aliphatic carbocycles. The summed E-state index contributed by atoms with van der Waals surface area (Å²) < 4.78 is 27.8. The molecular weight excluding hydrogens is 374 g/mol. The van der Waals surface area contributed by atoms with Crippen molar-refractivity contribution in [1.29, 1.82) is 0 Å². The van der Waals surface area contributed by atoms with Gasteiger partial charge in [-0.3, -0.25) is 9.52 Å². The van der Waals surface area contributed by atoms with Crippen LogP contribution in [0.3, 0.4) is 0 Å². The van der Waals surface area contributed by atoms with E-state index in [-0.39, 0.29) is 10.5 Å². The highest BCUT2D eigenvalue weighted by Crippen LogP contribution is 2.20. The molecule has 0 saturated carbocycles. The van der Waals surface area contributed by atoms with Gasteiger partial charge in [-0.1, -0.05) is 38.1 Å². The van der Waals surface area contributed by atoms with E-state index in [2.05, 4.69) is 28.8 Å². The van der Waals surface area contributed by atoms with Gasteiger partial charge in [0.1, 0.15) is 0 Å². The quantitative estimate of drug-likeness (QED) is 0.665. The zero-order chi connectivity index (χ0) is 20.3. The van der Waals surface area contributed by atoms with E-state index in [9.17, 15) is 13.2 Å². The van der Waals surface area contributed by atoms with E-state index >= 15 is 0 Å². The second-order valence-corrected chi connectivity index (χ2v) is 8.75. The Hall–Kier alpha value is -2.93. The largest absolute Gasteiger partial charge is 0.280 e. The third-order valence-corrected chi connectivity index (χ3v) is 5.86. The fraction of sp³-hybridized carbons (Fsp3) is 0.238. The normalized spacial score (nSPS) is 11.6. The van der Waals surface area contributed by atoms with Gasteiger partial charge in [0, 0.05) is 17.7 Å². The first-order chi connectivity index (χ1) is 13.2. The van der Waals surface area contributed by atoms with Gasteiger partial charge >= 0.3 is 0 Å². The molecule has 2 aromatic carbocycles. The molecule has 0 aliphatic heterocycles. The Balaban J connectivity index is 1.76. The molecule has 0 radical (unpaired) electrons. The lowest BCUT2D eigenvalue weighted by Crippen LogP contribution is -2.15. The van der Waals surface area contributed by atoms with E-state index in [1.807, 2.05) is 12.1 Å². The van der Waals surface area contributed by atoms with Gasteiger partial charge in [0.2, 0.25) is 0 Å². The summed E-state index contributed by atoms with van der Waals surface area (Å²) in [6.07, 6.45) is 0.406. The summed E-state index contributed by atoms with van der Waals surface area (Å²) in [6, 6.07) is 15.6. The molecular formula is C21H23N3O3S. The van der Waals surface area contributed by atoms with Crippen LogP contribution in [0.15, 0.2) is 64.3 Å². The molecule has 0 spiro atoms. The van der Waals surface area contributed by atoms with E-state index in [0.717, 1.165) is 16.8 Å². The van der Waals surface area contributed by atoms with Crippen molar-refractivity contribution in [2.24, 2.45) is 0 Å². The maximum Gasteiger partial charge on any atom is 0.267 e. The van der Waals surface area contributed by atoms with Gasteiger partial charge < -0.3 is 0 Å². The zero-order valence-corrected chi connectivity index (χ0v) is 16.9. The van der Waals surface area contributed by atoms with Crippen molar-refractivity contribution < 1.29 is 8.42 Å². The lowest BCUT2D eigenvalue weighted by molar-refractivity contribution is 0.601. The molecule has 0 saturated heterocycles. The highest BCUT2D eigenvalue weighted by Gasteiger charge is 2.14. The summed E-state index contributed by atoms with van der Waals surface area (Å²) in [5, 5.41) is 6.31. The van der Waals surface area contributed by atoms with Crippen molar-refractivity contribution in [2.75, 3.05) is 4.72 Å². The molecule has 1 heterocycles. The number of benzene rings is 2. The van der Waals surface area contributed by atoms with Crippen LogP contribution in [0.5, 0.6) is 0 Å². The molecule has 3 rings (SSSR count).